The first kappa shape index (κ1) is 13.7. The van der Waals surface area contributed by atoms with Gasteiger partial charge >= 0.3 is 0 Å². The molecule has 2 atom stereocenters. The summed E-state index contributed by atoms with van der Waals surface area (Å²) in [6, 6.07) is 0. The summed E-state index contributed by atoms with van der Waals surface area (Å²) in [6.07, 6.45) is 6.31. The molecule has 1 N–H and O–H groups in total. The number of hydrogen-bond acceptors (Lipinski definition) is 3. The molecule has 3 rings (SSSR count). The lowest BCUT2D eigenvalue weighted by Crippen LogP contribution is -2.56. The Kier molecular flexibility index (Phi) is 4.08. The average molecular weight is 282 g/mol. The molecule has 2 aliphatic carbocycles. The van der Waals surface area contributed by atoms with Crippen LogP contribution in [0.4, 0.5) is 0 Å². The third kappa shape index (κ3) is 2.94. The van der Waals surface area contributed by atoms with E-state index in [0.717, 1.165) is 13.0 Å². The van der Waals surface area contributed by atoms with Crippen molar-refractivity contribution in [2.24, 2.45) is 11.8 Å². The number of carbonyl (C=O) groups excluding carboxylic acids is 1. The maximum atomic E-state index is 12.1. The van der Waals surface area contributed by atoms with Gasteiger partial charge in [-0.2, -0.15) is 11.8 Å². The summed E-state index contributed by atoms with van der Waals surface area (Å²) >= 11 is 2.07. The van der Waals surface area contributed by atoms with Crippen LogP contribution in [-0.4, -0.2) is 47.5 Å². The van der Waals surface area contributed by atoms with E-state index in [4.69, 9.17) is 0 Å². The van der Waals surface area contributed by atoms with Gasteiger partial charge in [0.2, 0.25) is 5.91 Å². The lowest BCUT2D eigenvalue weighted by molar-refractivity contribution is -0.123. The first-order valence-corrected chi connectivity index (χ1v) is 8.97. The van der Waals surface area contributed by atoms with E-state index < -0.39 is 0 Å². The summed E-state index contributed by atoms with van der Waals surface area (Å²) < 4.78 is 0. The summed E-state index contributed by atoms with van der Waals surface area (Å²) in [6.45, 7) is 5.48. The molecule has 0 spiro atoms. The van der Waals surface area contributed by atoms with Gasteiger partial charge in [-0.15, -0.1) is 0 Å². The molecule has 0 aromatic carbocycles. The quantitative estimate of drug-likeness (QED) is 0.857. The Morgan fingerprint density at radius 1 is 1.32 bits per heavy atom. The van der Waals surface area contributed by atoms with E-state index >= 15 is 0 Å². The van der Waals surface area contributed by atoms with Gasteiger partial charge in [0.15, 0.2) is 0 Å². The van der Waals surface area contributed by atoms with Crippen LogP contribution in [0.3, 0.4) is 0 Å². The van der Waals surface area contributed by atoms with E-state index in [1.54, 1.807) is 0 Å². The second-order valence-electron chi connectivity index (χ2n) is 6.57. The first-order chi connectivity index (χ1) is 9.21. The summed E-state index contributed by atoms with van der Waals surface area (Å²) in [5, 5.41) is 3.27. The number of thioether (sulfide) groups is 1. The highest BCUT2D eigenvalue weighted by Crippen LogP contribution is 2.39. The molecule has 2 saturated carbocycles. The molecule has 1 saturated heterocycles. The summed E-state index contributed by atoms with van der Waals surface area (Å²) in [4.78, 5) is 14.7. The molecule has 0 aromatic heterocycles. The van der Waals surface area contributed by atoms with Crippen molar-refractivity contribution in [2.75, 3.05) is 31.1 Å². The topological polar surface area (TPSA) is 32.3 Å². The number of rotatable bonds is 4. The maximum Gasteiger partial charge on any atom is 0.223 e. The molecule has 19 heavy (non-hydrogen) atoms. The van der Waals surface area contributed by atoms with Crippen LogP contribution < -0.4 is 5.32 Å². The standard InChI is InChI=1S/C15H26N2OS/c1-12-10-13(12)14(18)16-11-15(4-2-3-5-15)17-6-8-19-9-7-17/h12-13H,2-11H2,1H3,(H,16,18)/t12-,13-/m1/s1. The molecule has 108 valence electrons. The Labute approximate surface area is 120 Å². The number of hydrogen-bond donors (Lipinski definition) is 1. The van der Waals surface area contributed by atoms with Gasteiger partial charge in [-0.1, -0.05) is 19.8 Å². The highest BCUT2D eigenvalue weighted by atomic mass is 32.2. The van der Waals surface area contributed by atoms with Crippen LogP contribution in [-0.2, 0) is 4.79 Å². The fourth-order valence-corrected chi connectivity index (χ4v) is 4.65. The minimum atomic E-state index is 0.286. The molecule has 1 aliphatic heterocycles. The lowest BCUT2D eigenvalue weighted by Gasteiger charge is -2.43. The van der Waals surface area contributed by atoms with Gasteiger partial charge in [0.25, 0.3) is 0 Å². The summed E-state index contributed by atoms with van der Waals surface area (Å²) in [7, 11) is 0. The highest BCUT2D eigenvalue weighted by Gasteiger charge is 2.43. The number of nitrogens with one attached hydrogen (secondary N) is 1. The van der Waals surface area contributed by atoms with E-state index in [2.05, 4.69) is 28.9 Å². The third-order valence-electron chi connectivity index (χ3n) is 5.25. The van der Waals surface area contributed by atoms with Crippen molar-refractivity contribution in [3.8, 4) is 0 Å². The Hall–Kier alpha value is -0.220. The Morgan fingerprint density at radius 2 is 1.95 bits per heavy atom. The molecule has 1 amide bonds. The zero-order valence-corrected chi connectivity index (χ0v) is 12.8. The monoisotopic (exact) mass is 282 g/mol. The van der Waals surface area contributed by atoms with Crippen LogP contribution >= 0.6 is 11.8 Å². The Morgan fingerprint density at radius 3 is 2.53 bits per heavy atom. The second kappa shape index (κ2) is 5.65. The molecule has 3 aliphatic rings. The fraction of sp³-hybridized carbons (Fsp3) is 0.933. The minimum absolute atomic E-state index is 0.286. The summed E-state index contributed by atoms with van der Waals surface area (Å²) in [5.41, 5.74) is 0.286. The minimum Gasteiger partial charge on any atom is -0.354 e. The SMILES string of the molecule is C[C@@H]1C[C@H]1C(=O)NCC1(N2CCSCC2)CCCC1. The highest BCUT2D eigenvalue weighted by molar-refractivity contribution is 7.99. The van der Waals surface area contributed by atoms with Crippen LogP contribution in [0.15, 0.2) is 0 Å². The molecule has 0 bridgehead atoms. The number of amides is 1. The second-order valence-corrected chi connectivity index (χ2v) is 7.79. The van der Waals surface area contributed by atoms with E-state index in [1.165, 1.54) is 50.3 Å². The van der Waals surface area contributed by atoms with Crippen molar-refractivity contribution >= 4 is 17.7 Å². The first-order valence-electron chi connectivity index (χ1n) is 7.82. The molecule has 0 unspecified atom stereocenters. The van der Waals surface area contributed by atoms with E-state index in [9.17, 15) is 4.79 Å². The van der Waals surface area contributed by atoms with Crippen molar-refractivity contribution in [2.45, 2.75) is 44.6 Å². The van der Waals surface area contributed by atoms with Crippen LogP contribution in [0.5, 0.6) is 0 Å². The maximum absolute atomic E-state index is 12.1. The van der Waals surface area contributed by atoms with E-state index in [-0.39, 0.29) is 5.54 Å². The molecule has 3 nitrogen and oxygen atoms in total. The van der Waals surface area contributed by atoms with Gasteiger partial charge in [0, 0.05) is 42.6 Å². The van der Waals surface area contributed by atoms with Crippen molar-refractivity contribution < 1.29 is 4.79 Å². The number of nitrogens with zero attached hydrogens (tertiary/aromatic N) is 1. The third-order valence-corrected chi connectivity index (χ3v) is 6.20. The van der Waals surface area contributed by atoms with E-state index in [1.807, 2.05) is 0 Å². The Balaban J connectivity index is 1.58. The zero-order chi connectivity index (χ0) is 13.3. The largest absolute Gasteiger partial charge is 0.354 e. The average Bonchev–Trinajstić information content (AvgIpc) is 3.00. The number of carbonyl (C=O) groups is 1. The molecule has 0 aromatic rings. The van der Waals surface area contributed by atoms with E-state index in [0.29, 0.717) is 17.7 Å². The molecule has 4 heteroatoms. The van der Waals surface area contributed by atoms with Gasteiger partial charge in [-0.3, -0.25) is 9.69 Å². The lowest BCUT2D eigenvalue weighted by atomic mass is 9.94. The van der Waals surface area contributed by atoms with Crippen molar-refractivity contribution in [1.29, 1.82) is 0 Å². The van der Waals surface area contributed by atoms with Crippen LogP contribution in [0.1, 0.15) is 39.0 Å². The van der Waals surface area contributed by atoms with Gasteiger partial charge in [0.1, 0.15) is 0 Å². The van der Waals surface area contributed by atoms with Crippen molar-refractivity contribution in [3.05, 3.63) is 0 Å². The van der Waals surface area contributed by atoms with Crippen LogP contribution in [0.25, 0.3) is 0 Å². The predicted molar refractivity (Wildman–Crippen MR) is 80.4 cm³/mol. The molecule has 3 fully saturated rings. The van der Waals surface area contributed by atoms with Crippen molar-refractivity contribution in [1.82, 2.24) is 10.2 Å². The molecular weight excluding hydrogens is 256 g/mol. The Bertz CT molecular complexity index is 335. The molecule has 1 heterocycles. The van der Waals surface area contributed by atoms with Crippen LogP contribution in [0.2, 0.25) is 0 Å². The van der Waals surface area contributed by atoms with Crippen molar-refractivity contribution in [3.63, 3.8) is 0 Å². The summed E-state index contributed by atoms with van der Waals surface area (Å²) in [5.74, 6) is 3.76. The molecule has 0 radical (unpaired) electrons. The van der Waals surface area contributed by atoms with Crippen LogP contribution in [0, 0.1) is 11.8 Å². The zero-order valence-electron chi connectivity index (χ0n) is 12.0. The fourth-order valence-electron chi connectivity index (χ4n) is 3.75. The van der Waals surface area contributed by atoms with Gasteiger partial charge in [-0.05, 0) is 25.2 Å². The molecular formula is C15H26N2OS. The van der Waals surface area contributed by atoms with Gasteiger partial charge in [0.05, 0.1) is 0 Å². The smallest absolute Gasteiger partial charge is 0.223 e. The van der Waals surface area contributed by atoms with Gasteiger partial charge in [-0.25, -0.2) is 0 Å². The predicted octanol–water partition coefficient (Wildman–Crippen LogP) is 2.12. The normalized spacial score (nSPS) is 34.2. The van der Waals surface area contributed by atoms with Gasteiger partial charge < -0.3 is 5.32 Å².